The highest BCUT2D eigenvalue weighted by Gasteiger charge is 2.31. The third-order valence-corrected chi connectivity index (χ3v) is 5.74. The zero-order valence-electron chi connectivity index (χ0n) is 16.5. The number of amides is 1. The molecular weight excluding hydrogens is 354 g/mol. The van der Waals surface area contributed by atoms with Crippen molar-refractivity contribution >= 4 is 11.9 Å². The van der Waals surface area contributed by atoms with E-state index in [2.05, 4.69) is 18.9 Å². The first-order chi connectivity index (χ1) is 13.5. The molecule has 4 rings (SSSR count). The average Bonchev–Trinajstić information content (AvgIpc) is 3.45. The van der Waals surface area contributed by atoms with Gasteiger partial charge in [-0.2, -0.15) is 5.10 Å². The van der Waals surface area contributed by atoms with E-state index >= 15 is 0 Å². The SMILES string of the molecule is C[C@@H]1CCC[C@@H](C)N1C(=O)COC(=O)c1cc(C2CC2)nn1-c1ccccc1. The largest absolute Gasteiger partial charge is 0.451 e. The molecule has 0 unspecified atom stereocenters. The summed E-state index contributed by atoms with van der Waals surface area (Å²) < 4.78 is 7.06. The zero-order chi connectivity index (χ0) is 19.7. The number of carbonyl (C=O) groups is 2. The van der Waals surface area contributed by atoms with Gasteiger partial charge in [0.1, 0.15) is 0 Å². The van der Waals surface area contributed by atoms with E-state index in [0.29, 0.717) is 11.6 Å². The van der Waals surface area contributed by atoms with Gasteiger partial charge in [0.15, 0.2) is 12.3 Å². The van der Waals surface area contributed by atoms with E-state index in [0.717, 1.165) is 43.5 Å². The van der Waals surface area contributed by atoms with E-state index in [1.807, 2.05) is 41.3 Å². The summed E-state index contributed by atoms with van der Waals surface area (Å²) in [5, 5.41) is 4.63. The summed E-state index contributed by atoms with van der Waals surface area (Å²) in [6.45, 7) is 3.88. The van der Waals surface area contributed by atoms with Crippen molar-refractivity contribution < 1.29 is 14.3 Å². The van der Waals surface area contributed by atoms with Crippen molar-refractivity contribution in [1.82, 2.24) is 14.7 Å². The highest BCUT2D eigenvalue weighted by atomic mass is 16.5. The Hall–Kier alpha value is -2.63. The molecule has 6 nitrogen and oxygen atoms in total. The maximum Gasteiger partial charge on any atom is 0.357 e. The fourth-order valence-corrected chi connectivity index (χ4v) is 4.08. The molecule has 6 heteroatoms. The van der Waals surface area contributed by atoms with Crippen molar-refractivity contribution in [3.8, 4) is 5.69 Å². The molecule has 2 atom stereocenters. The van der Waals surface area contributed by atoms with E-state index in [-0.39, 0.29) is 24.6 Å². The molecule has 0 radical (unpaired) electrons. The zero-order valence-corrected chi connectivity index (χ0v) is 16.5. The van der Waals surface area contributed by atoms with Crippen LogP contribution >= 0.6 is 0 Å². The molecule has 2 heterocycles. The van der Waals surface area contributed by atoms with Crippen molar-refractivity contribution in [1.29, 1.82) is 0 Å². The lowest BCUT2D eigenvalue weighted by atomic mass is 9.97. The van der Waals surface area contributed by atoms with Crippen molar-refractivity contribution in [2.75, 3.05) is 6.61 Å². The molecule has 2 aliphatic rings. The first-order valence-corrected chi connectivity index (χ1v) is 10.2. The molecule has 148 valence electrons. The second-order valence-electron chi connectivity index (χ2n) is 7.98. The van der Waals surface area contributed by atoms with E-state index in [9.17, 15) is 9.59 Å². The smallest absolute Gasteiger partial charge is 0.357 e. The summed E-state index contributed by atoms with van der Waals surface area (Å²) in [5.74, 6) is -0.205. The number of nitrogens with zero attached hydrogens (tertiary/aromatic N) is 3. The number of rotatable bonds is 5. The summed E-state index contributed by atoms with van der Waals surface area (Å²) in [6, 6.07) is 11.7. The number of ether oxygens (including phenoxy) is 1. The molecule has 2 aromatic rings. The fraction of sp³-hybridized carbons (Fsp3) is 0.500. The van der Waals surface area contributed by atoms with Crippen molar-refractivity contribution in [2.24, 2.45) is 0 Å². The number of aromatic nitrogens is 2. The van der Waals surface area contributed by atoms with E-state index < -0.39 is 5.97 Å². The van der Waals surface area contributed by atoms with Gasteiger partial charge in [-0.15, -0.1) is 0 Å². The lowest BCUT2D eigenvalue weighted by molar-refractivity contribution is -0.140. The highest BCUT2D eigenvalue weighted by molar-refractivity contribution is 5.90. The van der Waals surface area contributed by atoms with E-state index in [1.54, 1.807) is 4.68 Å². The van der Waals surface area contributed by atoms with Gasteiger partial charge in [-0.25, -0.2) is 9.48 Å². The summed E-state index contributed by atoms with van der Waals surface area (Å²) in [7, 11) is 0. The molecule has 1 amide bonds. The minimum atomic E-state index is -0.506. The minimum absolute atomic E-state index is 0.124. The van der Waals surface area contributed by atoms with Gasteiger partial charge in [-0.1, -0.05) is 18.2 Å². The Morgan fingerprint density at radius 3 is 2.39 bits per heavy atom. The van der Waals surface area contributed by atoms with Crippen LogP contribution in [0.5, 0.6) is 0 Å². The van der Waals surface area contributed by atoms with Gasteiger partial charge in [-0.05, 0) is 64.2 Å². The molecule has 1 aromatic heterocycles. The van der Waals surface area contributed by atoms with Crippen LogP contribution < -0.4 is 0 Å². The fourth-order valence-electron chi connectivity index (χ4n) is 4.08. The first-order valence-electron chi connectivity index (χ1n) is 10.2. The Bertz CT molecular complexity index is 847. The molecule has 2 fully saturated rings. The number of carbonyl (C=O) groups excluding carboxylic acids is 2. The highest BCUT2D eigenvalue weighted by Crippen LogP contribution is 2.39. The van der Waals surface area contributed by atoms with Gasteiger partial charge in [0.2, 0.25) is 0 Å². The summed E-state index contributed by atoms with van der Waals surface area (Å²) in [5.41, 5.74) is 2.10. The molecule has 0 spiro atoms. The number of hydrogen-bond acceptors (Lipinski definition) is 4. The maximum atomic E-state index is 12.8. The van der Waals surface area contributed by atoms with Crippen LogP contribution in [0, 0.1) is 0 Å². The van der Waals surface area contributed by atoms with Crippen LogP contribution in [-0.4, -0.2) is 45.2 Å². The number of esters is 1. The third-order valence-electron chi connectivity index (χ3n) is 5.74. The summed E-state index contributed by atoms with van der Waals surface area (Å²) in [6.07, 6.45) is 5.32. The Morgan fingerprint density at radius 1 is 1.07 bits per heavy atom. The molecule has 1 saturated heterocycles. The van der Waals surface area contributed by atoms with Crippen molar-refractivity contribution in [3.05, 3.63) is 47.8 Å². The van der Waals surface area contributed by atoms with Gasteiger partial charge >= 0.3 is 5.97 Å². The summed E-state index contributed by atoms with van der Waals surface area (Å²) in [4.78, 5) is 27.3. The normalized spacial score (nSPS) is 22.1. The Morgan fingerprint density at radius 2 is 1.75 bits per heavy atom. The van der Waals surface area contributed by atoms with Crippen LogP contribution in [0.4, 0.5) is 0 Å². The van der Waals surface area contributed by atoms with Crippen LogP contribution in [0.3, 0.4) is 0 Å². The van der Waals surface area contributed by atoms with Crippen molar-refractivity contribution in [2.45, 2.75) is 64.0 Å². The Labute approximate surface area is 165 Å². The molecule has 1 aromatic carbocycles. The molecule has 1 saturated carbocycles. The number of piperidine rings is 1. The van der Waals surface area contributed by atoms with E-state index in [1.165, 1.54) is 0 Å². The van der Waals surface area contributed by atoms with Gasteiger partial charge < -0.3 is 9.64 Å². The first kappa shape index (κ1) is 18.7. The van der Waals surface area contributed by atoms with Gasteiger partial charge in [0.05, 0.1) is 11.4 Å². The third kappa shape index (κ3) is 3.81. The minimum Gasteiger partial charge on any atom is -0.451 e. The van der Waals surface area contributed by atoms with Crippen LogP contribution in [0.2, 0.25) is 0 Å². The number of para-hydroxylation sites is 1. The van der Waals surface area contributed by atoms with Gasteiger partial charge in [0, 0.05) is 18.0 Å². The van der Waals surface area contributed by atoms with Crippen molar-refractivity contribution in [3.63, 3.8) is 0 Å². The maximum absolute atomic E-state index is 12.8. The van der Waals surface area contributed by atoms with Gasteiger partial charge in [-0.3, -0.25) is 4.79 Å². The Kier molecular flexibility index (Phi) is 5.20. The lowest BCUT2D eigenvalue weighted by Gasteiger charge is -2.38. The molecule has 1 aliphatic carbocycles. The number of likely N-dealkylation sites (tertiary alicyclic amines) is 1. The molecule has 0 N–H and O–H groups in total. The van der Waals surface area contributed by atoms with Crippen LogP contribution in [0.1, 0.15) is 68.1 Å². The van der Waals surface area contributed by atoms with E-state index in [4.69, 9.17) is 4.74 Å². The number of hydrogen-bond donors (Lipinski definition) is 0. The molecular formula is C22H27N3O3. The average molecular weight is 381 g/mol. The van der Waals surface area contributed by atoms with Crippen LogP contribution in [0.15, 0.2) is 36.4 Å². The predicted molar refractivity (Wildman–Crippen MR) is 105 cm³/mol. The molecule has 28 heavy (non-hydrogen) atoms. The second kappa shape index (κ2) is 7.78. The predicted octanol–water partition coefficient (Wildman–Crippen LogP) is 3.70. The van der Waals surface area contributed by atoms with Crippen LogP contribution in [-0.2, 0) is 9.53 Å². The topological polar surface area (TPSA) is 64.4 Å². The van der Waals surface area contributed by atoms with Crippen LogP contribution in [0.25, 0.3) is 5.69 Å². The number of benzene rings is 1. The van der Waals surface area contributed by atoms with Gasteiger partial charge in [0.25, 0.3) is 5.91 Å². The second-order valence-corrected chi connectivity index (χ2v) is 7.98. The molecule has 1 aliphatic heterocycles. The molecule has 0 bridgehead atoms. The standard InChI is InChI=1S/C22H27N3O3/c1-15-7-6-8-16(2)24(15)21(26)14-28-22(27)20-13-19(17-11-12-17)23-25(20)18-9-4-3-5-10-18/h3-5,9-10,13,15-17H,6-8,11-12,14H2,1-2H3/t15-,16-/m1/s1. The lowest BCUT2D eigenvalue weighted by Crippen LogP contribution is -2.49. The monoisotopic (exact) mass is 381 g/mol. The quantitative estimate of drug-likeness (QED) is 0.741. The Balaban J connectivity index is 1.49. The summed E-state index contributed by atoms with van der Waals surface area (Å²) >= 11 is 0.